The van der Waals surface area contributed by atoms with Crippen LogP contribution in [0.2, 0.25) is 5.02 Å². The minimum absolute atomic E-state index is 0.137. The molecule has 1 amide bonds. The number of fused-ring (bicyclic) bond motifs is 1. The molecular formula is C19H19ClN2O3S. The summed E-state index contributed by atoms with van der Waals surface area (Å²) in [5, 5.41) is 4.33. The van der Waals surface area contributed by atoms with Crippen LogP contribution in [-0.4, -0.2) is 31.6 Å². The maximum atomic E-state index is 12.1. The highest BCUT2D eigenvalue weighted by molar-refractivity contribution is 7.91. The van der Waals surface area contributed by atoms with Crippen LogP contribution in [0, 0.1) is 0 Å². The van der Waals surface area contributed by atoms with Gasteiger partial charge in [-0.1, -0.05) is 41.9 Å². The van der Waals surface area contributed by atoms with Gasteiger partial charge in [0.1, 0.15) is 5.75 Å². The summed E-state index contributed by atoms with van der Waals surface area (Å²) >= 11 is 6.02. The van der Waals surface area contributed by atoms with Gasteiger partial charge in [-0.05, 0) is 35.7 Å². The first-order valence-electron chi connectivity index (χ1n) is 8.19. The van der Waals surface area contributed by atoms with Gasteiger partial charge in [0.15, 0.2) is 9.84 Å². The Morgan fingerprint density at radius 3 is 2.65 bits per heavy atom. The highest BCUT2D eigenvalue weighted by Crippen LogP contribution is 2.22. The molecule has 2 N–H and O–H groups in total. The van der Waals surface area contributed by atoms with Crippen molar-refractivity contribution in [2.75, 3.05) is 12.3 Å². The first-order valence-corrected chi connectivity index (χ1v) is 10.4. The quantitative estimate of drug-likeness (QED) is 0.650. The molecule has 2 aromatic carbocycles. The Morgan fingerprint density at radius 2 is 1.88 bits per heavy atom. The van der Waals surface area contributed by atoms with Crippen molar-refractivity contribution in [3.63, 3.8) is 0 Å². The number of rotatable bonds is 7. The van der Waals surface area contributed by atoms with Crippen LogP contribution in [0.5, 0.6) is 0 Å². The lowest BCUT2D eigenvalue weighted by molar-refractivity contribution is -0.118. The number of hydrogen-bond donors (Lipinski definition) is 2. The van der Waals surface area contributed by atoms with Gasteiger partial charge in [0.25, 0.3) is 0 Å². The van der Waals surface area contributed by atoms with Crippen molar-refractivity contribution in [3.05, 3.63) is 70.9 Å². The van der Waals surface area contributed by atoms with Crippen LogP contribution in [0.3, 0.4) is 0 Å². The van der Waals surface area contributed by atoms with Crippen molar-refractivity contribution in [1.82, 2.24) is 10.3 Å². The van der Waals surface area contributed by atoms with E-state index in [-0.39, 0.29) is 5.75 Å². The Labute approximate surface area is 157 Å². The van der Waals surface area contributed by atoms with Gasteiger partial charge >= 0.3 is 0 Å². The molecule has 3 aromatic rings. The molecule has 0 bridgehead atoms. The van der Waals surface area contributed by atoms with Crippen LogP contribution in [0.1, 0.15) is 11.1 Å². The van der Waals surface area contributed by atoms with Crippen LogP contribution in [0.15, 0.2) is 54.7 Å². The third-order valence-electron chi connectivity index (χ3n) is 4.03. The van der Waals surface area contributed by atoms with E-state index in [4.69, 9.17) is 11.6 Å². The highest BCUT2D eigenvalue weighted by atomic mass is 35.5. The molecule has 1 aromatic heterocycles. The minimum atomic E-state index is -3.49. The monoisotopic (exact) mass is 390 g/mol. The van der Waals surface area contributed by atoms with Gasteiger partial charge < -0.3 is 10.3 Å². The van der Waals surface area contributed by atoms with Crippen molar-refractivity contribution < 1.29 is 13.2 Å². The van der Waals surface area contributed by atoms with Crippen molar-refractivity contribution in [2.24, 2.45) is 0 Å². The Hall–Kier alpha value is -2.31. The summed E-state index contributed by atoms with van der Waals surface area (Å²) in [4.78, 5) is 15.1. The smallest absolute Gasteiger partial charge is 0.235 e. The zero-order valence-electron chi connectivity index (χ0n) is 14.0. The molecule has 136 valence electrons. The number of carbonyl (C=O) groups excluding carboxylic acids is 1. The number of nitrogens with one attached hydrogen (secondary N) is 2. The molecule has 0 radical (unpaired) electrons. The molecule has 0 spiro atoms. The fourth-order valence-corrected chi connectivity index (χ4v) is 4.30. The predicted octanol–water partition coefficient (Wildman–Crippen LogP) is 3.10. The second-order valence-corrected chi connectivity index (χ2v) is 8.62. The van der Waals surface area contributed by atoms with Gasteiger partial charge in [-0.3, -0.25) is 4.79 Å². The zero-order valence-corrected chi connectivity index (χ0v) is 15.6. The molecule has 1 heterocycles. The van der Waals surface area contributed by atoms with E-state index in [2.05, 4.69) is 10.3 Å². The van der Waals surface area contributed by atoms with Crippen LogP contribution in [0.25, 0.3) is 10.9 Å². The molecule has 0 unspecified atom stereocenters. The summed E-state index contributed by atoms with van der Waals surface area (Å²) < 4.78 is 24.3. The SMILES string of the molecule is O=C(CS(=O)(=O)Cc1ccccc1)NCCc1c[nH]c2ccc(Cl)cc12. The normalized spacial score (nSPS) is 11.6. The van der Waals surface area contributed by atoms with Gasteiger partial charge in [0.05, 0.1) is 5.75 Å². The largest absolute Gasteiger partial charge is 0.361 e. The molecule has 3 rings (SSSR count). The molecule has 5 nitrogen and oxygen atoms in total. The Kier molecular flexibility index (Phi) is 5.64. The molecule has 0 saturated heterocycles. The highest BCUT2D eigenvalue weighted by Gasteiger charge is 2.17. The van der Waals surface area contributed by atoms with Crippen LogP contribution in [0.4, 0.5) is 0 Å². The van der Waals surface area contributed by atoms with E-state index in [0.29, 0.717) is 23.6 Å². The van der Waals surface area contributed by atoms with Gasteiger partial charge in [-0.25, -0.2) is 8.42 Å². The van der Waals surface area contributed by atoms with Gasteiger partial charge in [0.2, 0.25) is 5.91 Å². The first kappa shape index (κ1) is 18.5. The summed E-state index contributed by atoms with van der Waals surface area (Å²) in [7, 11) is -3.49. The van der Waals surface area contributed by atoms with Crippen molar-refractivity contribution in [1.29, 1.82) is 0 Å². The average molecular weight is 391 g/mol. The number of H-pyrrole nitrogens is 1. The maximum Gasteiger partial charge on any atom is 0.235 e. The van der Waals surface area contributed by atoms with Crippen LogP contribution >= 0.6 is 11.6 Å². The molecule has 0 atom stereocenters. The summed E-state index contributed by atoms with van der Waals surface area (Å²) in [6, 6.07) is 14.4. The fraction of sp³-hybridized carbons (Fsp3) is 0.211. The lowest BCUT2D eigenvalue weighted by Crippen LogP contribution is -2.32. The number of halogens is 1. The molecule has 0 aliphatic carbocycles. The number of amides is 1. The molecule has 0 saturated carbocycles. The van der Waals surface area contributed by atoms with Crippen molar-refractivity contribution >= 4 is 38.2 Å². The summed E-state index contributed by atoms with van der Waals surface area (Å²) in [5.41, 5.74) is 2.67. The first-order chi connectivity index (χ1) is 12.4. The summed E-state index contributed by atoms with van der Waals surface area (Å²) in [6.07, 6.45) is 2.46. The second-order valence-electron chi connectivity index (χ2n) is 6.12. The second kappa shape index (κ2) is 7.93. The third kappa shape index (κ3) is 4.86. The van der Waals surface area contributed by atoms with Gasteiger partial charge in [0, 0.05) is 28.7 Å². The maximum absolute atomic E-state index is 12.1. The van der Waals surface area contributed by atoms with Crippen molar-refractivity contribution in [3.8, 4) is 0 Å². The molecule has 26 heavy (non-hydrogen) atoms. The number of aromatic amines is 1. The average Bonchev–Trinajstić information content (AvgIpc) is 2.97. The van der Waals surface area contributed by atoms with Crippen LogP contribution < -0.4 is 5.32 Å². The Bertz CT molecular complexity index is 1010. The van der Waals surface area contributed by atoms with Crippen molar-refractivity contribution in [2.45, 2.75) is 12.2 Å². The molecule has 0 fully saturated rings. The van der Waals surface area contributed by atoms with Crippen LogP contribution in [-0.2, 0) is 26.8 Å². The van der Waals surface area contributed by atoms with E-state index < -0.39 is 21.5 Å². The van der Waals surface area contributed by atoms with E-state index in [1.54, 1.807) is 24.3 Å². The number of sulfone groups is 1. The third-order valence-corrected chi connectivity index (χ3v) is 5.74. The number of hydrogen-bond acceptors (Lipinski definition) is 3. The molecular weight excluding hydrogens is 372 g/mol. The number of aromatic nitrogens is 1. The van der Waals surface area contributed by atoms with E-state index in [0.717, 1.165) is 16.5 Å². The Morgan fingerprint density at radius 1 is 1.12 bits per heavy atom. The minimum Gasteiger partial charge on any atom is -0.361 e. The lowest BCUT2D eigenvalue weighted by Gasteiger charge is -2.06. The van der Waals surface area contributed by atoms with E-state index in [1.807, 2.05) is 30.5 Å². The van der Waals surface area contributed by atoms with E-state index in [9.17, 15) is 13.2 Å². The molecule has 0 aliphatic rings. The standard InChI is InChI=1S/C19H19ClN2O3S/c20-16-6-7-18-17(10-16)15(11-22-18)8-9-21-19(23)13-26(24,25)12-14-4-2-1-3-5-14/h1-7,10-11,22H,8-9,12-13H2,(H,21,23). The summed E-state index contributed by atoms with van der Waals surface area (Å²) in [5.74, 6) is -1.14. The lowest BCUT2D eigenvalue weighted by atomic mass is 10.1. The zero-order chi connectivity index (χ0) is 18.6. The van der Waals surface area contributed by atoms with Gasteiger partial charge in [-0.15, -0.1) is 0 Å². The number of carbonyl (C=O) groups is 1. The van der Waals surface area contributed by atoms with Gasteiger partial charge in [-0.2, -0.15) is 0 Å². The molecule has 7 heteroatoms. The summed E-state index contributed by atoms with van der Waals surface area (Å²) in [6.45, 7) is 0.360. The van der Waals surface area contributed by atoms with E-state index >= 15 is 0 Å². The topological polar surface area (TPSA) is 79.0 Å². The predicted molar refractivity (Wildman–Crippen MR) is 104 cm³/mol. The number of benzene rings is 2. The van der Waals surface area contributed by atoms with E-state index in [1.165, 1.54) is 0 Å². The fourth-order valence-electron chi connectivity index (χ4n) is 2.82. The Balaban J connectivity index is 1.53. The molecule has 0 aliphatic heterocycles.